The molecule has 17 heavy (non-hydrogen) atoms. The van der Waals surface area contributed by atoms with Crippen molar-refractivity contribution in [2.45, 2.75) is 25.3 Å². The van der Waals surface area contributed by atoms with Gasteiger partial charge in [0.15, 0.2) is 5.82 Å². The minimum Gasteiger partial charge on any atom is -0.381 e. The summed E-state index contributed by atoms with van der Waals surface area (Å²) in [5.74, 6) is 1.63. The maximum Gasteiger partial charge on any atom is 0.243 e. The van der Waals surface area contributed by atoms with Crippen LogP contribution in [0.1, 0.15) is 30.4 Å². The lowest BCUT2D eigenvalue weighted by atomic mass is 10.00. The van der Waals surface area contributed by atoms with Crippen molar-refractivity contribution in [2.75, 3.05) is 13.2 Å². The number of amides is 1. The Morgan fingerprint density at radius 1 is 1.59 bits per heavy atom. The zero-order chi connectivity index (χ0) is 12.1. The molecule has 2 N–H and O–H groups in total. The number of H-pyrrole nitrogens is 1. The van der Waals surface area contributed by atoms with E-state index in [9.17, 15) is 4.79 Å². The summed E-state index contributed by atoms with van der Waals surface area (Å²) in [6, 6.07) is 0. The van der Waals surface area contributed by atoms with Crippen LogP contribution in [0.5, 0.6) is 0 Å². The molecule has 0 spiro atoms. The van der Waals surface area contributed by atoms with Crippen LogP contribution in [-0.2, 0) is 16.1 Å². The van der Waals surface area contributed by atoms with Crippen molar-refractivity contribution >= 4 is 5.91 Å². The molecule has 1 amide bonds. The van der Waals surface area contributed by atoms with Crippen LogP contribution < -0.4 is 5.32 Å². The Bertz CT molecular complexity index is 396. The van der Waals surface area contributed by atoms with Crippen LogP contribution in [0, 0.1) is 0 Å². The molecule has 1 aromatic rings. The summed E-state index contributed by atoms with van der Waals surface area (Å²) >= 11 is 0. The lowest BCUT2D eigenvalue weighted by molar-refractivity contribution is -0.116. The molecule has 0 atom stereocenters. The van der Waals surface area contributed by atoms with Crippen molar-refractivity contribution in [1.29, 1.82) is 0 Å². The number of hydrogen-bond donors (Lipinski definition) is 2. The van der Waals surface area contributed by atoms with Gasteiger partial charge in [0.05, 0.1) is 6.54 Å². The van der Waals surface area contributed by atoms with Gasteiger partial charge >= 0.3 is 0 Å². The summed E-state index contributed by atoms with van der Waals surface area (Å²) in [5.41, 5.74) is 0. The van der Waals surface area contributed by atoms with Crippen molar-refractivity contribution in [3.8, 4) is 0 Å². The third kappa shape index (κ3) is 3.13. The van der Waals surface area contributed by atoms with Gasteiger partial charge in [-0.1, -0.05) is 6.58 Å². The number of aromatic nitrogens is 3. The number of aromatic amines is 1. The molecule has 0 bridgehead atoms. The quantitative estimate of drug-likeness (QED) is 0.746. The number of ether oxygens (including phenoxy) is 1. The van der Waals surface area contributed by atoms with Crippen molar-refractivity contribution in [2.24, 2.45) is 0 Å². The number of rotatable bonds is 4. The van der Waals surface area contributed by atoms with Crippen molar-refractivity contribution in [3.63, 3.8) is 0 Å². The number of carbonyl (C=O) groups excluding carboxylic acids is 1. The molecule has 0 saturated carbocycles. The summed E-state index contributed by atoms with van der Waals surface area (Å²) in [5, 5.41) is 9.66. The molecule has 1 aromatic heterocycles. The highest BCUT2D eigenvalue weighted by Crippen LogP contribution is 2.23. The van der Waals surface area contributed by atoms with Crippen molar-refractivity contribution < 1.29 is 9.53 Å². The average Bonchev–Trinajstić information content (AvgIpc) is 2.86. The van der Waals surface area contributed by atoms with Gasteiger partial charge < -0.3 is 10.1 Å². The topological polar surface area (TPSA) is 79.9 Å². The molecule has 0 aliphatic carbocycles. The molecule has 2 rings (SSSR count). The fourth-order valence-electron chi connectivity index (χ4n) is 1.77. The summed E-state index contributed by atoms with van der Waals surface area (Å²) in [6.07, 6.45) is 3.14. The van der Waals surface area contributed by atoms with Crippen molar-refractivity contribution in [1.82, 2.24) is 20.5 Å². The first-order chi connectivity index (χ1) is 8.29. The van der Waals surface area contributed by atoms with E-state index in [1.54, 1.807) is 0 Å². The smallest absolute Gasteiger partial charge is 0.243 e. The number of carbonyl (C=O) groups is 1. The van der Waals surface area contributed by atoms with E-state index in [1.165, 1.54) is 6.08 Å². The monoisotopic (exact) mass is 236 g/mol. The molecule has 0 radical (unpaired) electrons. The third-order valence-electron chi connectivity index (χ3n) is 2.75. The average molecular weight is 236 g/mol. The molecule has 1 aliphatic heterocycles. The Labute approximate surface area is 99.5 Å². The SMILES string of the molecule is C=CC(=O)NCc1nc(C2CCOCC2)n[nH]1. The minimum absolute atomic E-state index is 0.214. The second-order valence-corrected chi connectivity index (χ2v) is 3.95. The second-order valence-electron chi connectivity index (χ2n) is 3.95. The van der Waals surface area contributed by atoms with E-state index in [-0.39, 0.29) is 5.91 Å². The number of hydrogen-bond acceptors (Lipinski definition) is 4. The van der Waals surface area contributed by atoms with Gasteiger partial charge in [0.25, 0.3) is 0 Å². The lowest BCUT2D eigenvalue weighted by Crippen LogP contribution is -2.20. The summed E-state index contributed by atoms with van der Waals surface area (Å²) in [6.45, 7) is 5.26. The molecule has 92 valence electrons. The van der Waals surface area contributed by atoms with Gasteiger partial charge in [-0.15, -0.1) is 0 Å². The van der Waals surface area contributed by atoms with Crippen LogP contribution in [0.4, 0.5) is 0 Å². The summed E-state index contributed by atoms with van der Waals surface area (Å²) in [4.78, 5) is 15.4. The molecule has 1 aliphatic rings. The highest BCUT2D eigenvalue weighted by molar-refractivity contribution is 5.86. The minimum atomic E-state index is -0.214. The Morgan fingerprint density at radius 3 is 3.06 bits per heavy atom. The second kappa shape index (κ2) is 5.58. The molecular formula is C11H16N4O2. The van der Waals surface area contributed by atoms with Crippen LogP contribution in [0.25, 0.3) is 0 Å². The lowest BCUT2D eigenvalue weighted by Gasteiger charge is -2.18. The number of nitrogens with zero attached hydrogens (tertiary/aromatic N) is 2. The summed E-state index contributed by atoms with van der Waals surface area (Å²) in [7, 11) is 0. The zero-order valence-electron chi connectivity index (χ0n) is 9.61. The Hall–Kier alpha value is -1.69. The fourth-order valence-corrected chi connectivity index (χ4v) is 1.77. The molecule has 1 saturated heterocycles. The van der Waals surface area contributed by atoms with E-state index in [0.717, 1.165) is 31.9 Å². The van der Waals surface area contributed by atoms with E-state index >= 15 is 0 Å². The Morgan fingerprint density at radius 2 is 2.35 bits per heavy atom. The highest BCUT2D eigenvalue weighted by Gasteiger charge is 2.19. The third-order valence-corrected chi connectivity index (χ3v) is 2.75. The van der Waals surface area contributed by atoms with Crippen LogP contribution in [0.3, 0.4) is 0 Å². The van der Waals surface area contributed by atoms with Gasteiger partial charge in [-0.3, -0.25) is 9.89 Å². The molecule has 2 heterocycles. The standard InChI is InChI=1S/C11H16N4O2/c1-2-10(16)12-7-9-13-11(15-14-9)8-3-5-17-6-4-8/h2,8H,1,3-7H2,(H,12,16)(H,13,14,15). The van der Waals surface area contributed by atoms with Gasteiger partial charge in [0, 0.05) is 19.1 Å². The van der Waals surface area contributed by atoms with E-state index in [1.807, 2.05) is 0 Å². The van der Waals surface area contributed by atoms with Crippen LogP contribution in [-0.4, -0.2) is 34.3 Å². The normalized spacial score (nSPS) is 16.7. The van der Waals surface area contributed by atoms with Gasteiger partial charge in [-0.2, -0.15) is 5.10 Å². The van der Waals surface area contributed by atoms with Crippen molar-refractivity contribution in [3.05, 3.63) is 24.3 Å². The zero-order valence-corrected chi connectivity index (χ0v) is 9.61. The summed E-state index contributed by atoms with van der Waals surface area (Å²) < 4.78 is 5.29. The molecule has 6 heteroatoms. The predicted molar refractivity (Wildman–Crippen MR) is 61.2 cm³/mol. The maximum absolute atomic E-state index is 11.0. The van der Waals surface area contributed by atoms with Gasteiger partial charge in [-0.25, -0.2) is 4.98 Å². The molecular weight excluding hydrogens is 220 g/mol. The first kappa shape index (κ1) is 11.8. The first-order valence-corrected chi connectivity index (χ1v) is 5.69. The van der Waals surface area contributed by atoms with E-state index < -0.39 is 0 Å². The van der Waals surface area contributed by atoms with E-state index in [4.69, 9.17) is 4.74 Å². The van der Waals surface area contributed by atoms with E-state index in [0.29, 0.717) is 18.3 Å². The number of nitrogens with one attached hydrogen (secondary N) is 2. The highest BCUT2D eigenvalue weighted by atomic mass is 16.5. The van der Waals surface area contributed by atoms with Gasteiger partial charge in [-0.05, 0) is 18.9 Å². The maximum atomic E-state index is 11.0. The Kier molecular flexibility index (Phi) is 3.87. The predicted octanol–water partition coefficient (Wildman–Crippen LogP) is 0.501. The molecule has 0 aromatic carbocycles. The first-order valence-electron chi connectivity index (χ1n) is 5.69. The van der Waals surface area contributed by atoms with Crippen LogP contribution >= 0.6 is 0 Å². The fraction of sp³-hybridized carbons (Fsp3) is 0.545. The molecule has 0 unspecified atom stereocenters. The van der Waals surface area contributed by atoms with E-state index in [2.05, 4.69) is 27.1 Å². The van der Waals surface area contributed by atoms with Crippen LogP contribution in [0.2, 0.25) is 0 Å². The van der Waals surface area contributed by atoms with Crippen LogP contribution in [0.15, 0.2) is 12.7 Å². The van der Waals surface area contributed by atoms with Gasteiger partial charge in [0.2, 0.25) is 5.91 Å². The largest absolute Gasteiger partial charge is 0.381 e. The Balaban J connectivity index is 1.90. The molecule has 1 fully saturated rings. The van der Waals surface area contributed by atoms with Gasteiger partial charge in [0.1, 0.15) is 5.82 Å². The molecule has 6 nitrogen and oxygen atoms in total.